The summed E-state index contributed by atoms with van der Waals surface area (Å²) >= 11 is 0. The zero-order valence-electron chi connectivity index (χ0n) is 14.9. The van der Waals surface area contributed by atoms with Crippen LogP contribution >= 0.6 is 0 Å². The van der Waals surface area contributed by atoms with E-state index >= 15 is 0 Å². The summed E-state index contributed by atoms with van der Waals surface area (Å²) in [5.74, 6) is 2.67. The van der Waals surface area contributed by atoms with E-state index in [1.165, 1.54) is 0 Å². The molecule has 1 aliphatic rings. The summed E-state index contributed by atoms with van der Waals surface area (Å²) in [6, 6.07) is 1.37. The van der Waals surface area contributed by atoms with Gasteiger partial charge in [-0.25, -0.2) is 4.98 Å². The number of nitrogens with zero attached hydrogens (tertiary/aromatic N) is 4. The third-order valence-corrected chi connectivity index (χ3v) is 4.25. The molecule has 0 aromatic carbocycles. The van der Waals surface area contributed by atoms with Gasteiger partial charge in [0, 0.05) is 25.1 Å². The molecular formula is C16H24N6O3. The van der Waals surface area contributed by atoms with E-state index in [-0.39, 0.29) is 24.0 Å². The van der Waals surface area contributed by atoms with Gasteiger partial charge in [0.25, 0.3) is 0 Å². The van der Waals surface area contributed by atoms with Crippen LogP contribution in [0.1, 0.15) is 50.2 Å². The molecule has 9 nitrogen and oxygen atoms in total. The SMILES string of the molecule is Cc1cc(NC(=O)[C@H](C)N2CCO[C@H](c3nc(C(C)C)n[nH]3)C2)no1. The van der Waals surface area contributed by atoms with E-state index in [1.54, 1.807) is 13.0 Å². The molecule has 0 radical (unpaired) electrons. The van der Waals surface area contributed by atoms with Crippen molar-refractivity contribution >= 4 is 11.7 Å². The highest BCUT2D eigenvalue weighted by Crippen LogP contribution is 2.22. The van der Waals surface area contributed by atoms with E-state index in [0.29, 0.717) is 37.1 Å². The molecule has 3 rings (SSSR count). The van der Waals surface area contributed by atoms with E-state index in [9.17, 15) is 4.79 Å². The smallest absolute Gasteiger partial charge is 0.242 e. The maximum absolute atomic E-state index is 12.4. The number of nitrogens with one attached hydrogen (secondary N) is 2. The normalized spacial score (nSPS) is 20.0. The molecule has 0 unspecified atom stereocenters. The highest BCUT2D eigenvalue weighted by atomic mass is 16.5. The Balaban J connectivity index is 1.62. The number of ether oxygens (including phenoxy) is 1. The molecule has 0 aliphatic carbocycles. The van der Waals surface area contributed by atoms with Gasteiger partial charge in [-0.3, -0.25) is 14.8 Å². The van der Waals surface area contributed by atoms with Crippen molar-refractivity contribution in [1.82, 2.24) is 25.2 Å². The lowest BCUT2D eigenvalue weighted by Gasteiger charge is -2.35. The van der Waals surface area contributed by atoms with Crippen molar-refractivity contribution < 1.29 is 14.1 Å². The highest BCUT2D eigenvalue weighted by Gasteiger charge is 2.30. The fourth-order valence-corrected chi connectivity index (χ4v) is 2.70. The third kappa shape index (κ3) is 4.05. The Labute approximate surface area is 146 Å². The molecule has 2 N–H and O–H groups in total. The van der Waals surface area contributed by atoms with Crippen LogP contribution in [0.25, 0.3) is 0 Å². The van der Waals surface area contributed by atoms with Gasteiger partial charge in [-0.2, -0.15) is 5.10 Å². The molecule has 2 aromatic rings. The van der Waals surface area contributed by atoms with Gasteiger partial charge in [-0.1, -0.05) is 19.0 Å². The molecule has 1 fully saturated rings. The lowest BCUT2D eigenvalue weighted by molar-refractivity contribution is -0.124. The number of rotatable bonds is 5. The van der Waals surface area contributed by atoms with Crippen LogP contribution in [0.3, 0.4) is 0 Å². The number of aryl methyl sites for hydroxylation is 1. The number of amides is 1. The van der Waals surface area contributed by atoms with Gasteiger partial charge in [0.1, 0.15) is 11.9 Å². The van der Waals surface area contributed by atoms with Crippen molar-refractivity contribution in [2.75, 3.05) is 25.0 Å². The monoisotopic (exact) mass is 348 g/mol. The van der Waals surface area contributed by atoms with Crippen LogP contribution in [0.15, 0.2) is 10.6 Å². The molecule has 0 spiro atoms. The summed E-state index contributed by atoms with van der Waals surface area (Å²) in [4.78, 5) is 19.0. The minimum absolute atomic E-state index is 0.130. The van der Waals surface area contributed by atoms with Crippen molar-refractivity contribution in [3.63, 3.8) is 0 Å². The molecule has 3 heterocycles. The van der Waals surface area contributed by atoms with Crippen molar-refractivity contribution in [2.45, 2.75) is 45.8 Å². The van der Waals surface area contributed by atoms with E-state index in [4.69, 9.17) is 9.26 Å². The summed E-state index contributed by atoms with van der Waals surface area (Å²) < 4.78 is 10.8. The summed E-state index contributed by atoms with van der Waals surface area (Å²) in [5, 5.41) is 13.7. The minimum atomic E-state index is -0.323. The molecular weight excluding hydrogens is 324 g/mol. The van der Waals surface area contributed by atoms with Crippen LogP contribution in [0.4, 0.5) is 5.82 Å². The van der Waals surface area contributed by atoms with Crippen molar-refractivity contribution in [3.8, 4) is 0 Å². The van der Waals surface area contributed by atoms with Gasteiger partial charge in [0.05, 0.1) is 12.6 Å². The first-order valence-electron chi connectivity index (χ1n) is 8.46. The number of hydrogen-bond donors (Lipinski definition) is 2. The number of carbonyl (C=O) groups excluding carboxylic acids is 1. The number of morpholine rings is 1. The van der Waals surface area contributed by atoms with Crippen molar-refractivity contribution in [3.05, 3.63) is 23.5 Å². The second-order valence-electron chi connectivity index (χ2n) is 6.58. The Hall–Kier alpha value is -2.26. The standard InChI is InChI=1S/C16H24N6O3/c1-9(2)14-18-15(20-19-14)12-8-22(5-6-24-12)11(4)16(23)17-13-7-10(3)25-21-13/h7,9,11-12H,5-6,8H2,1-4H3,(H,17,21,23)(H,18,19,20)/t11-,12-/m0/s1. The quantitative estimate of drug-likeness (QED) is 0.845. The number of H-pyrrole nitrogens is 1. The second-order valence-corrected chi connectivity index (χ2v) is 6.58. The molecule has 136 valence electrons. The van der Waals surface area contributed by atoms with Crippen LogP contribution in [0, 0.1) is 6.92 Å². The van der Waals surface area contributed by atoms with Crippen molar-refractivity contribution in [1.29, 1.82) is 0 Å². The molecule has 9 heteroatoms. The maximum Gasteiger partial charge on any atom is 0.242 e. The number of hydrogen-bond acceptors (Lipinski definition) is 7. The molecule has 1 aliphatic heterocycles. The first-order valence-corrected chi connectivity index (χ1v) is 8.46. The molecule has 25 heavy (non-hydrogen) atoms. The number of aromatic amines is 1. The number of carbonyl (C=O) groups is 1. The second kappa shape index (κ2) is 7.32. The third-order valence-electron chi connectivity index (χ3n) is 4.25. The van der Waals surface area contributed by atoms with Gasteiger partial charge in [0.2, 0.25) is 5.91 Å². The Kier molecular flexibility index (Phi) is 5.14. The lowest BCUT2D eigenvalue weighted by atomic mass is 10.2. The van der Waals surface area contributed by atoms with Crippen LogP contribution in [0.5, 0.6) is 0 Å². The lowest BCUT2D eigenvalue weighted by Crippen LogP contribution is -2.48. The van der Waals surface area contributed by atoms with Gasteiger partial charge in [0.15, 0.2) is 17.5 Å². The number of anilines is 1. The minimum Gasteiger partial charge on any atom is -0.368 e. The Morgan fingerprint density at radius 2 is 2.24 bits per heavy atom. The van der Waals surface area contributed by atoms with Crippen LogP contribution in [-0.4, -0.2) is 56.9 Å². The van der Waals surface area contributed by atoms with Gasteiger partial charge < -0.3 is 14.6 Å². The molecule has 0 saturated carbocycles. The zero-order chi connectivity index (χ0) is 18.0. The predicted octanol–water partition coefficient (Wildman–Crippen LogP) is 1.63. The molecule has 1 amide bonds. The Morgan fingerprint density at radius 3 is 2.88 bits per heavy atom. The summed E-state index contributed by atoms with van der Waals surface area (Å²) in [7, 11) is 0. The fraction of sp³-hybridized carbons (Fsp3) is 0.625. The molecule has 2 aromatic heterocycles. The van der Waals surface area contributed by atoms with Crippen LogP contribution in [-0.2, 0) is 9.53 Å². The van der Waals surface area contributed by atoms with Gasteiger partial charge in [-0.05, 0) is 13.8 Å². The van der Waals surface area contributed by atoms with E-state index in [2.05, 4.69) is 30.6 Å². The summed E-state index contributed by atoms with van der Waals surface area (Å²) in [5.41, 5.74) is 0. The van der Waals surface area contributed by atoms with E-state index < -0.39 is 0 Å². The van der Waals surface area contributed by atoms with Gasteiger partial charge >= 0.3 is 0 Å². The number of aromatic nitrogens is 4. The van der Waals surface area contributed by atoms with Crippen LogP contribution < -0.4 is 5.32 Å². The van der Waals surface area contributed by atoms with E-state index in [0.717, 1.165) is 5.82 Å². The average Bonchev–Trinajstić information content (AvgIpc) is 3.23. The fourth-order valence-electron chi connectivity index (χ4n) is 2.70. The zero-order valence-corrected chi connectivity index (χ0v) is 14.9. The molecule has 0 bridgehead atoms. The maximum atomic E-state index is 12.4. The Bertz CT molecular complexity index is 725. The molecule has 1 saturated heterocycles. The summed E-state index contributed by atoms with van der Waals surface area (Å²) in [6.45, 7) is 9.50. The average molecular weight is 348 g/mol. The Morgan fingerprint density at radius 1 is 1.44 bits per heavy atom. The predicted molar refractivity (Wildman–Crippen MR) is 90.1 cm³/mol. The van der Waals surface area contributed by atoms with Crippen molar-refractivity contribution in [2.24, 2.45) is 0 Å². The van der Waals surface area contributed by atoms with E-state index in [1.807, 2.05) is 20.8 Å². The first kappa shape index (κ1) is 17.6. The first-order chi connectivity index (χ1) is 11.9. The topological polar surface area (TPSA) is 109 Å². The largest absolute Gasteiger partial charge is 0.368 e. The van der Waals surface area contributed by atoms with Crippen LogP contribution in [0.2, 0.25) is 0 Å². The highest BCUT2D eigenvalue weighted by molar-refractivity contribution is 5.93. The molecule has 2 atom stereocenters. The summed E-state index contributed by atoms with van der Waals surface area (Å²) in [6.07, 6.45) is -0.224. The van der Waals surface area contributed by atoms with Gasteiger partial charge in [-0.15, -0.1) is 0 Å².